The molecule has 438 valence electrons. The number of nitrogen functional groups attached to an aromatic ring is 3. The zero-order valence-corrected chi connectivity index (χ0v) is 54.0. The minimum atomic E-state index is -3.44. The number of ether oxygens (including phenoxy) is 3. The fraction of sp³-hybridized carbons (Fsp3) is 0.438. The van der Waals surface area contributed by atoms with Crippen molar-refractivity contribution in [2.24, 2.45) is 0 Å². The van der Waals surface area contributed by atoms with Crippen LogP contribution in [0.15, 0.2) is 54.6 Å². The molecule has 0 bridgehead atoms. The number of aromatic nitrogens is 9. The maximum Gasteiger partial charge on any atom is 1.00 e. The number of aliphatic hydroxyl groups excluding tert-OH is 1. The molecule has 0 radical (unpaired) electrons. The topological polar surface area (TPSA) is 319 Å². The molecule has 0 aliphatic rings. The van der Waals surface area contributed by atoms with Crippen LogP contribution in [-0.2, 0) is 70.2 Å². The van der Waals surface area contributed by atoms with Gasteiger partial charge in [0.25, 0.3) is 10.1 Å². The Kier molecular flexibility index (Phi) is 40.6. The molecule has 6 rings (SSSR count). The first-order valence-electron chi connectivity index (χ1n) is 23.1. The molecule has 0 fully saturated rings. The third-order valence-electron chi connectivity index (χ3n) is 9.52. The Morgan fingerprint density at radius 3 is 1.15 bits per heavy atom. The zero-order valence-electron chi connectivity index (χ0n) is 44.2. The van der Waals surface area contributed by atoms with Crippen LogP contribution >= 0.6 is 81.4 Å². The van der Waals surface area contributed by atoms with Gasteiger partial charge in [0.15, 0.2) is 34.9 Å². The maximum atomic E-state index is 11.0. The average molecular weight is 1320 g/mol. The summed E-state index contributed by atoms with van der Waals surface area (Å²) in [5.74, 6) is 3.27. The summed E-state index contributed by atoms with van der Waals surface area (Å²) in [7, 11) is -5.44. The van der Waals surface area contributed by atoms with E-state index in [-0.39, 0.29) is 74.2 Å². The number of halogens is 6. The van der Waals surface area contributed by atoms with E-state index >= 15 is 0 Å². The fourth-order valence-corrected chi connectivity index (χ4v) is 8.22. The molecular weight excluding hydrogens is 1250 g/mol. The molecule has 0 aliphatic carbocycles. The summed E-state index contributed by atoms with van der Waals surface area (Å²) in [6.45, 7) is 2.57. The number of nitrogens with two attached hydrogens (primary N) is 3. The molecule has 6 aromatic rings. The number of benzene rings is 3. The Morgan fingerprint density at radius 1 is 0.525 bits per heavy atom. The van der Waals surface area contributed by atoms with Crippen LogP contribution in [0, 0.1) is 0 Å². The van der Waals surface area contributed by atoms with Crippen molar-refractivity contribution < 1.29 is 69.9 Å². The van der Waals surface area contributed by atoms with Gasteiger partial charge in [-0.2, -0.15) is 26.4 Å². The molecule has 0 unspecified atom stereocenters. The number of aliphatic hydroxyl groups is 1. The summed E-state index contributed by atoms with van der Waals surface area (Å²) in [4.78, 5) is 12.8. The second-order valence-electron chi connectivity index (χ2n) is 15.5. The number of aryl methyl sites for hydroxylation is 3. The summed E-state index contributed by atoms with van der Waals surface area (Å²) in [6.07, 6.45) is 9.56. The zero-order chi connectivity index (χ0) is 58.3. The van der Waals surface area contributed by atoms with E-state index in [1.807, 2.05) is 0 Å². The van der Waals surface area contributed by atoms with Crippen LogP contribution in [0.2, 0.25) is 30.1 Å². The first kappa shape index (κ1) is 77.2. The fourth-order valence-electron chi connectivity index (χ4n) is 5.97. The van der Waals surface area contributed by atoms with Gasteiger partial charge in [-0.3, -0.25) is 4.18 Å². The normalized spacial score (nSPS) is 10.7. The van der Waals surface area contributed by atoms with Gasteiger partial charge in [0, 0.05) is 74.9 Å². The van der Waals surface area contributed by atoms with E-state index in [0.29, 0.717) is 139 Å². The van der Waals surface area contributed by atoms with Gasteiger partial charge in [0.1, 0.15) is 26.9 Å². The number of hydrogen-bond donors (Lipinski definition) is 4. The SMILES string of the molecule is C.CO.CS(=O)(=O)CCOCCCc1nnc(-c2cccc(Cl)c2Cl)c(N)n1.CS(=O)(=O)OCCOCCCc1nnc(-c2cccc(Cl)c2Cl)c(N)n1.CSCCOCCCc1nnc(-c2cccc(Cl)c2Cl)c(N)n1.C[S-].[Na+]. The Balaban J connectivity index is 0.00000112. The van der Waals surface area contributed by atoms with Gasteiger partial charge in [-0.25, -0.2) is 23.4 Å². The minimum absolute atomic E-state index is 0. The van der Waals surface area contributed by atoms with Crippen LogP contribution in [0.3, 0.4) is 0 Å². The first-order valence-corrected chi connectivity index (χ1v) is 31.4. The van der Waals surface area contributed by atoms with Crippen molar-refractivity contribution in [2.45, 2.75) is 46.0 Å². The van der Waals surface area contributed by atoms with Crippen LogP contribution in [0.4, 0.5) is 17.5 Å². The van der Waals surface area contributed by atoms with Crippen molar-refractivity contribution in [1.82, 2.24) is 45.5 Å². The van der Waals surface area contributed by atoms with Gasteiger partial charge in [-0.05, 0) is 43.7 Å². The summed E-state index contributed by atoms with van der Waals surface area (Å²) < 4.78 is 64.1. The van der Waals surface area contributed by atoms with Crippen molar-refractivity contribution in [3.05, 3.63) is 102 Å². The van der Waals surface area contributed by atoms with E-state index in [2.05, 4.69) is 68.6 Å². The predicted molar refractivity (Wildman–Crippen MR) is 324 cm³/mol. The maximum absolute atomic E-state index is 11.0. The van der Waals surface area contributed by atoms with Gasteiger partial charge in [-0.15, -0.1) is 30.6 Å². The van der Waals surface area contributed by atoms with Gasteiger partial charge in [0.2, 0.25) is 0 Å². The smallest absolute Gasteiger partial charge is 0.796 e. The van der Waals surface area contributed by atoms with E-state index in [1.54, 1.807) is 72.6 Å². The molecule has 3 aromatic heterocycles. The largest absolute Gasteiger partial charge is 1.00 e. The number of rotatable bonds is 25. The van der Waals surface area contributed by atoms with E-state index in [0.717, 1.165) is 32.1 Å². The summed E-state index contributed by atoms with van der Waals surface area (Å²) >= 11 is 42.4. The van der Waals surface area contributed by atoms with Crippen LogP contribution in [0.5, 0.6) is 0 Å². The molecule has 3 aromatic carbocycles. The van der Waals surface area contributed by atoms with Crippen molar-refractivity contribution in [3.8, 4) is 33.8 Å². The third kappa shape index (κ3) is 29.2. The Labute approximate surface area is 531 Å². The predicted octanol–water partition coefficient (Wildman–Crippen LogP) is 5.93. The number of anilines is 3. The average Bonchev–Trinajstić information content (AvgIpc) is 3.41. The van der Waals surface area contributed by atoms with Crippen LogP contribution in [0.1, 0.15) is 44.2 Å². The molecule has 32 heteroatoms. The van der Waals surface area contributed by atoms with Crippen molar-refractivity contribution in [2.75, 3.05) is 107 Å². The van der Waals surface area contributed by atoms with E-state index < -0.39 is 20.0 Å². The second-order valence-corrected chi connectivity index (χ2v) is 22.7. The monoisotopic (exact) mass is 1310 g/mol. The minimum Gasteiger partial charge on any atom is -0.796 e. The second kappa shape index (κ2) is 42.1. The molecule has 21 nitrogen and oxygen atoms in total. The number of hydrogen-bond acceptors (Lipinski definition) is 23. The van der Waals surface area contributed by atoms with Gasteiger partial charge in [-0.1, -0.05) is 113 Å². The molecule has 0 atom stereocenters. The van der Waals surface area contributed by atoms with Crippen molar-refractivity contribution in [1.29, 1.82) is 0 Å². The number of sulfone groups is 1. The molecule has 0 amide bonds. The molecule has 0 aliphatic heterocycles. The molecule has 7 N–H and O–H groups in total. The van der Waals surface area contributed by atoms with Crippen molar-refractivity contribution in [3.63, 3.8) is 0 Å². The van der Waals surface area contributed by atoms with Gasteiger partial charge in [0.05, 0.1) is 68.6 Å². The van der Waals surface area contributed by atoms with Crippen LogP contribution < -0.4 is 46.8 Å². The molecule has 0 spiro atoms. The van der Waals surface area contributed by atoms with Crippen LogP contribution in [0.25, 0.3) is 33.8 Å². The molecule has 0 saturated carbocycles. The Morgan fingerprint density at radius 2 is 0.850 bits per heavy atom. The molecule has 3 heterocycles. The van der Waals surface area contributed by atoms with Crippen LogP contribution in [-0.4, -0.2) is 157 Å². The van der Waals surface area contributed by atoms with Crippen molar-refractivity contribution >= 4 is 131 Å². The summed E-state index contributed by atoms with van der Waals surface area (Å²) in [5.41, 5.74) is 20.9. The number of thioether (sulfide) groups is 1. The third-order valence-corrected chi connectivity index (χ3v) is 14.1. The van der Waals surface area contributed by atoms with E-state index in [4.69, 9.17) is 106 Å². The molecule has 0 saturated heterocycles. The van der Waals surface area contributed by atoms with E-state index in [1.165, 1.54) is 6.26 Å². The van der Waals surface area contributed by atoms with Gasteiger partial charge < -0.3 is 49.1 Å². The van der Waals surface area contributed by atoms with Gasteiger partial charge >= 0.3 is 29.6 Å². The Hall–Kier alpha value is -2.77. The van der Waals surface area contributed by atoms with E-state index in [9.17, 15) is 16.8 Å². The summed E-state index contributed by atoms with van der Waals surface area (Å²) in [6, 6.07) is 15.6. The Bertz CT molecular complexity index is 3010. The first-order chi connectivity index (χ1) is 37.2. The summed E-state index contributed by atoms with van der Waals surface area (Å²) in [5, 5.41) is 33.9. The quantitative estimate of drug-likeness (QED) is 0.0223. The standard InChI is InChI=1S/C15H18Cl2N4O4S.C15H18Cl2N4O3S.C15H18Cl2N4OS.CH4O.CH4S.CH4.Na/c1-26(22,23)25-9-8-24-7-3-6-12-19-15(18)14(21-20-12)10-4-2-5-11(16)13(10)17;1-25(22,23)9-8-24-7-3-6-12-19-15(18)14(21-20-12)10-4-2-5-11(16)13(10)17;1-23-9-8-22-7-3-6-12-19-15(18)14(21-20-12)10-4-2-5-11(16)13(10)17;2*1-2;;/h2,4-5H,3,6-9H2,1H3,(H2,18,19,20);2,4-5H,3,6-9H2,1H3,(H2,18,19,20);2,4-5H,3,6-9H2,1H3,(H2,18,19,20);2*2H,1H3;1H4;/q;;;;;;+1/p-1. The number of nitrogens with zero attached hydrogens (tertiary/aromatic N) is 9. The molecular formula is C48H65Cl6N12NaO9S4. The molecule has 80 heavy (non-hydrogen) atoms.